The number of halogens is 2. The van der Waals surface area contributed by atoms with Crippen LogP contribution in [0.1, 0.15) is 16.7 Å². The molecule has 0 saturated carbocycles. The normalized spacial score (nSPS) is 13.5. The summed E-state index contributed by atoms with van der Waals surface area (Å²) in [7, 11) is 0. The van der Waals surface area contributed by atoms with Gasteiger partial charge in [-0.15, -0.1) is 0 Å². The minimum absolute atomic E-state index is 0.785. The topological polar surface area (TPSA) is 23.8 Å². The van der Waals surface area contributed by atoms with Gasteiger partial charge in [0.15, 0.2) is 0 Å². The van der Waals surface area contributed by atoms with E-state index in [2.05, 4.69) is 56.7 Å². The first-order valence-corrected chi connectivity index (χ1v) is 5.68. The number of fused-ring (bicyclic) bond motifs is 1. The highest BCUT2D eigenvalue weighted by Gasteiger charge is 2.16. The predicted octanol–water partition coefficient (Wildman–Crippen LogP) is 3.65. The van der Waals surface area contributed by atoms with Gasteiger partial charge in [-0.1, -0.05) is 22.0 Å². The Balaban J connectivity index is 2.70. The van der Waals surface area contributed by atoms with Gasteiger partial charge < -0.3 is 0 Å². The summed E-state index contributed by atoms with van der Waals surface area (Å²) in [5, 5.41) is 8.92. The Bertz CT molecular complexity index is 443. The number of benzene rings is 1. The van der Waals surface area contributed by atoms with Crippen molar-refractivity contribution in [2.75, 3.05) is 0 Å². The van der Waals surface area contributed by atoms with Crippen molar-refractivity contribution in [3.63, 3.8) is 0 Å². The molecule has 1 aromatic carbocycles. The zero-order valence-electron chi connectivity index (χ0n) is 6.64. The molecule has 13 heavy (non-hydrogen) atoms. The number of nitrogens with zero attached hydrogens (tertiary/aromatic N) is 1. The largest absolute Gasteiger partial charge is 0.192 e. The molecule has 0 bridgehead atoms. The molecule has 2 rings (SSSR count). The van der Waals surface area contributed by atoms with Crippen molar-refractivity contribution in [3.8, 4) is 6.07 Å². The van der Waals surface area contributed by atoms with E-state index in [0.29, 0.717) is 0 Å². The molecule has 0 radical (unpaired) electrons. The molecular weight excluding hydrogens is 341 g/mol. The molecule has 0 atom stereocenters. The lowest BCUT2D eigenvalue weighted by Gasteiger charge is -2.03. The van der Waals surface area contributed by atoms with E-state index in [1.54, 1.807) is 0 Å². The van der Waals surface area contributed by atoms with E-state index in [9.17, 15) is 0 Å². The van der Waals surface area contributed by atoms with Gasteiger partial charge in [0.1, 0.15) is 0 Å². The fourth-order valence-electron chi connectivity index (χ4n) is 1.47. The first kappa shape index (κ1) is 9.22. The summed E-state index contributed by atoms with van der Waals surface area (Å²) >= 11 is 5.71. The van der Waals surface area contributed by atoms with E-state index in [4.69, 9.17) is 5.26 Å². The molecule has 1 aliphatic rings. The average molecular weight is 346 g/mol. The highest BCUT2D eigenvalue weighted by atomic mass is 127. The molecule has 64 valence electrons. The molecule has 1 aromatic rings. The quantitative estimate of drug-likeness (QED) is 0.658. The van der Waals surface area contributed by atoms with E-state index in [1.807, 2.05) is 6.07 Å². The monoisotopic (exact) mass is 345 g/mol. The average Bonchev–Trinajstić information content (AvgIpc) is 2.47. The van der Waals surface area contributed by atoms with Crippen molar-refractivity contribution < 1.29 is 0 Å². The van der Waals surface area contributed by atoms with Gasteiger partial charge in [0.05, 0.1) is 11.6 Å². The van der Waals surface area contributed by atoms with Crippen molar-refractivity contribution in [3.05, 3.63) is 39.4 Å². The first-order valence-electron chi connectivity index (χ1n) is 3.81. The highest BCUT2D eigenvalue weighted by Crippen LogP contribution is 2.36. The molecule has 0 N–H and O–H groups in total. The van der Waals surface area contributed by atoms with E-state index < -0.39 is 0 Å². The summed E-state index contributed by atoms with van der Waals surface area (Å²) in [6, 6.07) is 6.17. The zero-order chi connectivity index (χ0) is 9.42. The van der Waals surface area contributed by atoms with Crippen LogP contribution in [-0.4, -0.2) is 0 Å². The van der Waals surface area contributed by atoms with E-state index in [1.165, 1.54) is 9.14 Å². The second-order valence-electron chi connectivity index (χ2n) is 2.85. The summed E-state index contributed by atoms with van der Waals surface area (Å²) < 4.78 is 2.22. The maximum absolute atomic E-state index is 8.92. The second kappa shape index (κ2) is 3.43. The fourth-order valence-corrected chi connectivity index (χ4v) is 2.63. The van der Waals surface area contributed by atoms with Crippen molar-refractivity contribution >= 4 is 42.1 Å². The van der Waals surface area contributed by atoms with Crippen LogP contribution in [0.5, 0.6) is 0 Å². The van der Waals surface area contributed by atoms with Gasteiger partial charge in [-0.2, -0.15) is 5.26 Å². The smallest absolute Gasteiger partial charge is 0.0995 e. The Labute approximate surface area is 98.7 Å². The third-order valence-electron chi connectivity index (χ3n) is 2.08. The molecule has 0 saturated heterocycles. The Hall–Kier alpha value is -0.340. The third-order valence-corrected chi connectivity index (χ3v) is 3.56. The molecule has 1 aliphatic carbocycles. The van der Waals surface area contributed by atoms with Gasteiger partial charge in [0.25, 0.3) is 0 Å². The molecule has 0 unspecified atom stereocenters. The molecule has 1 nitrogen and oxygen atoms in total. The van der Waals surface area contributed by atoms with Crippen LogP contribution in [0, 0.1) is 11.3 Å². The molecule has 0 aliphatic heterocycles. The molecule has 0 heterocycles. The predicted molar refractivity (Wildman–Crippen MR) is 64.6 cm³/mol. The number of rotatable bonds is 0. The van der Waals surface area contributed by atoms with Crippen LogP contribution in [0.25, 0.3) is 3.58 Å². The van der Waals surface area contributed by atoms with Crippen molar-refractivity contribution in [2.24, 2.45) is 0 Å². The van der Waals surface area contributed by atoms with Crippen LogP contribution >= 0.6 is 38.5 Å². The number of allylic oxidation sites excluding steroid dienone is 1. The number of hydrogen-bond acceptors (Lipinski definition) is 1. The van der Waals surface area contributed by atoms with E-state index >= 15 is 0 Å². The van der Waals surface area contributed by atoms with Crippen LogP contribution in [0.15, 0.2) is 22.7 Å². The molecular formula is C10H5BrIN. The van der Waals surface area contributed by atoms with Crippen LogP contribution in [-0.2, 0) is 6.42 Å². The SMILES string of the molecule is N#Cc1cc(Br)cc2c1CC=C2I. The van der Waals surface area contributed by atoms with Gasteiger partial charge in [0.2, 0.25) is 0 Å². The van der Waals surface area contributed by atoms with Crippen molar-refractivity contribution in [1.82, 2.24) is 0 Å². The molecule has 0 amide bonds. The maximum Gasteiger partial charge on any atom is 0.0995 e. The Kier molecular flexibility index (Phi) is 2.43. The Morgan fingerprint density at radius 1 is 1.46 bits per heavy atom. The number of nitriles is 1. The van der Waals surface area contributed by atoms with Crippen molar-refractivity contribution in [2.45, 2.75) is 6.42 Å². The first-order chi connectivity index (χ1) is 6.22. The van der Waals surface area contributed by atoms with Crippen LogP contribution < -0.4 is 0 Å². The van der Waals surface area contributed by atoms with Crippen molar-refractivity contribution in [1.29, 1.82) is 5.26 Å². The summed E-state index contributed by atoms with van der Waals surface area (Å²) in [5.41, 5.74) is 3.15. The highest BCUT2D eigenvalue weighted by molar-refractivity contribution is 14.1. The van der Waals surface area contributed by atoms with Crippen LogP contribution in [0.2, 0.25) is 0 Å². The summed E-state index contributed by atoms with van der Waals surface area (Å²) in [6.07, 6.45) is 3.04. The van der Waals surface area contributed by atoms with Gasteiger partial charge in [-0.3, -0.25) is 0 Å². The van der Waals surface area contributed by atoms with Crippen LogP contribution in [0.4, 0.5) is 0 Å². The molecule has 0 aromatic heterocycles. The lowest BCUT2D eigenvalue weighted by molar-refractivity contribution is 1.27. The lowest BCUT2D eigenvalue weighted by atomic mass is 10.0. The summed E-state index contributed by atoms with van der Waals surface area (Å²) in [5.74, 6) is 0. The van der Waals surface area contributed by atoms with E-state index in [-0.39, 0.29) is 0 Å². The summed E-state index contributed by atoms with van der Waals surface area (Å²) in [4.78, 5) is 0. The molecule has 3 heteroatoms. The third kappa shape index (κ3) is 1.53. The molecule has 0 fully saturated rings. The van der Waals surface area contributed by atoms with Gasteiger partial charge in [-0.05, 0) is 52.3 Å². The minimum Gasteiger partial charge on any atom is -0.192 e. The summed E-state index contributed by atoms with van der Waals surface area (Å²) in [6.45, 7) is 0. The maximum atomic E-state index is 8.92. The molecule has 0 spiro atoms. The zero-order valence-corrected chi connectivity index (χ0v) is 10.4. The van der Waals surface area contributed by atoms with Gasteiger partial charge in [-0.25, -0.2) is 0 Å². The fraction of sp³-hybridized carbons (Fsp3) is 0.100. The van der Waals surface area contributed by atoms with E-state index in [0.717, 1.165) is 22.0 Å². The Morgan fingerprint density at radius 3 is 2.92 bits per heavy atom. The minimum atomic E-state index is 0.785. The van der Waals surface area contributed by atoms with Gasteiger partial charge in [0, 0.05) is 8.05 Å². The van der Waals surface area contributed by atoms with Gasteiger partial charge >= 0.3 is 0 Å². The standard InChI is InChI=1S/C10H5BrIN/c11-7-3-6(5-13)8-1-2-10(12)9(8)4-7/h2-4H,1H2. The van der Waals surface area contributed by atoms with Crippen LogP contribution in [0.3, 0.4) is 0 Å². The number of hydrogen-bond donors (Lipinski definition) is 0. The lowest BCUT2D eigenvalue weighted by Crippen LogP contribution is -1.89. The Morgan fingerprint density at radius 2 is 2.23 bits per heavy atom. The second-order valence-corrected chi connectivity index (χ2v) is 4.93.